The Morgan fingerprint density at radius 2 is 1.75 bits per heavy atom. The van der Waals surface area contributed by atoms with Gasteiger partial charge >= 0.3 is 0 Å². The van der Waals surface area contributed by atoms with Gasteiger partial charge in [-0.25, -0.2) is 0 Å². The highest BCUT2D eigenvalue weighted by Crippen LogP contribution is 2.31. The molecule has 3 rings (SSSR count). The van der Waals surface area contributed by atoms with Gasteiger partial charge in [0.15, 0.2) is 0 Å². The minimum atomic E-state index is -0.759. The SMILES string of the molecule is O=c1c2ccc(O)cc2oc2cc(O)cc([N+](=O)[O-])c12. The van der Waals surface area contributed by atoms with Crippen LogP contribution in [0, 0.1) is 10.1 Å². The van der Waals surface area contributed by atoms with Crippen LogP contribution in [0.1, 0.15) is 0 Å². The quantitative estimate of drug-likeness (QED) is 0.399. The highest BCUT2D eigenvalue weighted by atomic mass is 16.6. The number of rotatable bonds is 1. The zero-order valence-electron chi connectivity index (χ0n) is 9.86. The van der Waals surface area contributed by atoms with E-state index in [9.17, 15) is 25.1 Å². The Balaban J connectivity index is 2.60. The van der Waals surface area contributed by atoms with Crippen LogP contribution in [0.5, 0.6) is 11.5 Å². The average molecular weight is 273 g/mol. The van der Waals surface area contributed by atoms with Gasteiger partial charge in [-0.15, -0.1) is 0 Å². The number of phenolic OH excluding ortho intramolecular Hbond substituents is 2. The first-order valence-corrected chi connectivity index (χ1v) is 5.54. The summed E-state index contributed by atoms with van der Waals surface area (Å²) in [6.45, 7) is 0. The van der Waals surface area contributed by atoms with Gasteiger partial charge in [-0.05, 0) is 12.1 Å². The van der Waals surface area contributed by atoms with E-state index >= 15 is 0 Å². The predicted octanol–water partition coefficient (Wildman–Crippen LogP) is 2.27. The fraction of sp³-hybridized carbons (Fsp3) is 0. The standard InChI is InChI=1S/C13H7NO6/c15-6-1-2-8-10(4-6)20-11-5-7(16)3-9(14(18)19)12(11)13(8)17/h1-5,15-16H. The number of non-ortho nitro benzene ring substituents is 1. The Bertz CT molecular complexity index is 927. The molecule has 0 aliphatic rings. The van der Waals surface area contributed by atoms with E-state index in [1.807, 2.05) is 0 Å². The topological polar surface area (TPSA) is 114 Å². The van der Waals surface area contributed by atoms with Gasteiger partial charge in [0.2, 0.25) is 5.43 Å². The Kier molecular flexibility index (Phi) is 2.37. The summed E-state index contributed by atoms with van der Waals surface area (Å²) in [5.41, 5.74) is -1.14. The number of phenols is 2. The second-order valence-electron chi connectivity index (χ2n) is 4.21. The number of fused-ring (bicyclic) bond motifs is 2. The number of nitrogens with zero attached hydrogens (tertiary/aromatic N) is 1. The summed E-state index contributed by atoms with van der Waals surface area (Å²) < 4.78 is 5.36. The molecule has 3 aromatic rings. The summed E-state index contributed by atoms with van der Waals surface area (Å²) in [6, 6.07) is 5.86. The predicted molar refractivity (Wildman–Crippen MR) is 70.0 cm³/mol. The van der Waals surface area contributed by atoms with Crippen LogP contribution < -0.4 is 5.43 Å². The first kappa shape index (κ1) is 12.0. The van der Waals surface area contributed by atoms with Crippen molar-refractivity contribution >= 4 is 27.6 Å². The third-order valence-corrected chi connectivity index (χ3v) is 2.92. The van der Waals surface area contributed by atoms with Crippen LogP contribution in [0.3, 0.4) is 0 Å². The summed E-state index contributed by atoms with van der Waals surface area (Å²) in [6.07, 6.45) is 0. The fourth-order valence-corrected chi connectivity index (χ4v) is 2.08. The Labute approximate surface area is 110 Å². The molecule has 2 N–H and O–H groups in total. The lowest BCUT2D eigenvalue weighted by Gasteiger charge is -2.03. The number of aromatic hydroxyl groups is 2. The maximum absolute atomic E-state index is 12.3. The van der Waals surface area contributed by atoms with Crippen LogP contribution in [0.2, 0.25) is 0 Å². The Hall–Kier alpha value is -3.09. The van der Waals surface area contributed by atoms with Gasteiger partial charge in [-0.1, -0.05) is 0 Å². The van der Waals surface area contributed by atoms with E-state index in [0.717, 1.165) is 12.1 Å². The fourth-order valence-electron chi connectivity index (χ4n) is 2.08. The van der Waals surface area contributed by atoms with E-state index in [0.29, 0.717) is 0 Å². The summed E-state index contributed by atoms with van der Waals surface area (Å²) >= 11 is 0. The Morgan fingerprint density at radius 1 is 1.05 bits per heavy atom. The zero-order chi connectivity index (χ0) is 14.4. The van der Waals surface area contributed by atoms with E-state index in [1.165, 1.54) is 18.2 Å². The summed E-state index contributed by atoms with van der Waals surface area (Å²) in [5, 5.41) is 29.7. The first-order chi connectivity index (χ1) is 9.47. The molecule has 0 aliphatic heterocycles. The van der Waals surface area contributed by atoms with Crippen molar-refractivity contribution in [1.82, 2.24) is 0 Å². The molecule has 7 nitrogen and oxygen atoms in total. The highest BCUT2D eigenvalue weighted by molar-refractivity contribution is 5.95. The van der Waals surface area contributed by atoms with Gasteiger partial charge in [-0.3, -0.25) is 14.9 Å². The Morgan fingerprint density at radius 3 is 2.45 bits per heavy atom. The van der Waals surface area contributed by atoms with Gasteiger partial charge < -0.3 is 14.6 Å². The van der Waals surface area contributed by atoms with Crippen molar-refractivity contribution in [3.05, 3.63) is 50.7 Å². The van der Waals surface area contributed by atoms with Crippen molar-refractivity contribution in [2.75, 3.05) is 0 Å². The summed E-state index contributed by atoms with van der Waals surface area (Å²) in [7, 11) is 0. The number of hydrogen-bond donors (Lipinski definition) is 2. The number of benzene rings is 2. The van der Waals surface area contributed by atoms with Crippen molar-refractivity contribution in [3.63, 3.8) is 0 Å². The molecule has 2 aromatic carbocycles. The number of nitro benzene ring substituents is 1. The molecule has 1 heterocycles. The summed E-state index contributed by atoms with van der Waals surface area (Å²) in [4.78, 5) is 22.5. The molecule has 0 amide bonds. The van der Waals surface area contributed by atoms with E-state index in [-0.39, 0.29) is 33.4 Å². The molecule has 0 saturated carbocycles. The third kappa shape index (κ3) is 1.64. The second-order valence-corrected chi connectivity index (χ2v) is 4.21. The molecule has 0 bridgehead atoms. The maximum atomic E-state index is 12.3. The molecule has 0 unspecified atom stereocenters. The lowest BCUT2D eigenvalue weighted by molar-refractivity contribution is -0.383. The normalized spacial score (nSPS) is 11.0. The third-order valence-electron chi connectivity index (χ3n) is 2.92. The monoisotopic (exact) mass is 273 g/mol. The molecule has 0 spiro atoms. The smallest absolute Gasteiger partial charge is 0.288 e. The van der Waals surface area contributed by atoms with Gasteiger partial charge in [0.05, 0.1) is 16.4 Å². The van der Waals surface area contributed by atoms with Crippen LogP contribution in [0.4, 0.5) is 5.69 Å². The molecule has 0 saturated heterocycles. The van der Waals surface area contributed by atoms with Crippen molar-refractivity contribution in [3.8, 4) is 11.5 Å². The van der Waals surface area contributed by atoms with Crippen LogP contribution in [0.25, 0.3) is 21.9 Å². The van der Waals surface area contributed by atoms with Gasteiger partial charge in [-0.2, -0.15) is 0 Å². The first-order valence-electron chi connectivity index (χ1n) is 5.54. The lowest BCUT2D eigenvalue weighted by Crippen LogP contribution is -2.05. The van der Waals surface area contributed by atoms with E-state index in [2.05, 4.69) is 0 Å². The molecule has 100 valence electrons. The zero-order valence-corrected chi connectivity index (χ0v) is 9.86. The van der Waals surface area contributed by atoms with Crippen LogP contribution in [-0.2, 0) is 0 Å². The molecule has 0 fully saturated rings. The van der Waals surface area contributed by atoms with Gasteiger partial charge in [0, 0.05) is 12.1 Å². The van der Waals surface area contributed by atoms with E-state index in [1.54, 1.807) is 0 Å². The van der Waals surface area contributed by atoms with E-state index in [4.69, 9.17) is 4.42 Å². The number of hydrogen-bond acceptors (Lipinski definition) is 6. The highest BCUT2D eigenvalue weighted by Gasteiger charge is 2.20. The second kappa shape index (κ2) is 3.95. The van der Waals surface area contributed by atoms with Gasteiger partial charge in [0.1, 0.15) is 28.1 Å². The number of nitro groups is 1. The van der Waals surface area contributed by atoms with Crippen LogP contribution >= 0.6 is 0 Å². The average Bonchev–Trinajstić information content (AvgIpc) is 2.37. The lowest BCUT2D eigenvalue weighted by atomic mass is 10.1. The van der Waals surface area contributed by atoms with E-state index < -0.39 is 16.0 Å². The van der Waals surface area contributed by atoms with Gasteiger partial charge in [0.25, 0.3) is 5.69 Å². The molecular formula is C13H7NO6. The molecule has 0 atom stereocenters. The molecular weight excluding hydrogens is 266 g/mol. The maximum Gasteiger partial charge on any atom is 0.288 e. The van der Waals surface area contributed by atoms with Crippen molar-refractivity contribution in [2.24, 2.45) is 0 Å². The molecule has 20 heavy (non-hydrogen) atoms. The summed E-state index contributed by atoms with van der Waals surface area (Å²) in [5.74, 6) is -0.485. The minimum absolute atomic E-state index is 0.0856. The molecule has 0 radical (unpaired) electrons. The molecule has 7 heteroatoms. The largest absolute Gasteiger partial charge is 0.508 e. The van der Waals surface area contributed by atoms with Crippen molar-refractivity contribution in [1.29, 1.82) is 0 Å². The van der Waals surface area contributed by atoms with Crippen LogP contribution in [0.15, 0.2) is 39.5 Å². The molecule has 1 aromatic heterocycles. The molecule has 0 aliphatic carbocycles. The minimum Gasteiger partial charge on any atom is -0.508 e. The van der Waals surface area contributed by atoms with Crippen molar-refractivity contribution in [2.45, 2.75) is 0 Å². The van der Waals surface area contributed by atoms with Crippen molar-refractivity contribution < 1.29 is 19.6 Å². The van der Waals surface area contributed by atoms with Crippen LogP contribution in [-0.4, -0.2) is 15.1 Å².